The first-order chi connectivity index (χ1) is 15.5. The van der Waals surface area contributed by atoms with Crippen molar-refractivity contribution in [2.24, 2.45) is 10.9 Å². The van der Waals surface area contributed by atoms with Crippen LogP contribution in [0.15, 0.2) is 41.4 Å². The van der Waals surface area contributed by atoms with Crippen LogP contribution >= 0.6 is 24.0 Å². The minimum atomic E-state index is -0.142. The number of hydrogen-bond donors (Lipinski definition) is 3. The standard InChI is InChI=1S/C25H34N4O3.HI/c1-5-26-25(27-14-20-9-11-23(31-4)22(13-20)29-18(3)30)28-15-21-10-6-17(2)12-24(21)32-16-19-7-8-19;/h6,9-13,19H,5,7-8,14-16H2,1-4H3,(H,29,30)(H2,26,27,28);1H. The van der Waals surface area contributed by atoms with Gasteiger partial charge < -0.3 is 25.4 Å². The number of aryl methyl sites for hydroxylation is 1. The lowest BCUT2D eigenvalue weighted by molar-refractivity contribution is -0.114. The Morgan fingerprint density at radius 2 is 1.91 bits per heavy atom. The lowest BCUT2D eigenvalue weighted by Gasteiger charge is -2.15. The molecule has 0 atom stereocenters. The van der Waals surface area contributed by atoms with E-state index in [1.54, 1.807) is 7.11 Å². The first-order valence-corrected chi connectivity index (χ1v) is 11.2. The van der Waals surface area contributed by atoms with Crippen LogP contribution in [-0.2, 0) is 17.9 Å². The summed E-state index contributed by atoms with van der Waals surface area (Å²) in [4.78, 5) is 16.2. The molecule has 3 N–H and O–H groups in total. The Labute approximate surface area is 213 Å². The molecule has 0 aliphatic heterocycles. The van der Waals surface area contributed by atoms with Gasteiger partial charge in [0.15, 0.2) is 5.96 Å². The molecule has 8 heteroatoms. The second-order valence-corrected chi connectivity index (χ2v) is 8.13. The quantitative estimate of drug-likeness (QED) is 0.222. The summed E-state index contributed by atoms with van der Waals surface area (Å²) in [5, 5.41) is 9.49. The van der Waals surface area contributed by atoms with Crippen LogP contribution in [0.25, 0.3) is 0 Å². The molecular formula is C25H35IN4O3. The van der Waals surface area contributed by atoms with Gasteiger partial charge in [0.05, 0.1) is 25.9 Å². The van der Waals surface area contributed by atoms with E-state index in [9.17, 15) is 4.79 Å². The van der Waals surface area contributed by atoms with E-state index in [0.29, 0.717) is 30.4 Å². The van der Waals surface area contributed by atoms with Crippen LogP contribution in [0.2, 0.25) is 0 Å². The molecule has 0 aromatic heterocycles. The number of anilines is 1. The maximum atomic E-state index is 11.5. The Bertz CT molecular complexity index is 961. The monoisotopic (exact) mass is 566 g/mol. The van der Waals surface area contributed by atoms with Gasteiger partial charge in [0.1, 0.15) is 11.5 Å². The normalized spacial score (nSPS) is 13.0. The topological polar surface area (TPSA) is 84.0 Å². The number of benzene rings is 2. The fourth-order valence-corrected chi connectivity index (χ4v) is 3.27. The molecule has 1 fully saturated rings. The number of aliphatic imine (C=N–C) groups is 1. The maximum absolute atomic E-state index is 11.5. The Balaban J connectivity index is 0.00000385. The SMILES string of the molecule is CCNC(=NCc1ccc(OC)c(NC(C)=O)c1)NCc1ccc(C)cc1OCC1CC1.I. The zero-order chi connectivity index (χ0) is 22.9. The molecule has 0 saturated heterocycles. The Morgan fingerprint density at radius 1 is 1.12 bits per heavy atom. The number of hydrogen-bond acceptors (Lipinski definition) is 4. The van der Waals surface area contributed by atoms with Gasteiger partial charge in [-0.3, -0.25) is 4.79 Å². The van der Waals surface area contributed by atoms with E-state index < -0.39 is 0 Å². The molecule has 0 spiro atoms. The average Bonchev–Trinajstić information content (AvgIpc) is 3.59. The largest absolute Gasteiger partial charge is 0.495 e. The van der Waals surface area contributed by atoms with Crippen molar-refractivity contribution in [1.29, 1.82) is 0 Å². The Kier molecular flexibility index (Phi) is 10.8. The molecule has 1 amide bonds. The van der Waals surface area contributed by atoms with E-state index in [-0.39, 0.29) is 29.9 Å². The number of nitrogens with one attached hydrogen (secondary N) is 3. The van der Waals surface area contributed by atoms with Crippen LogP contribution in [0.3, 0.4) is 0 Å². The number of halogens is 1. The molecule has 7 nitrogen and oxygen atoms in total. The van der Waals surface area contributed by atoms with E-state index >= 15 is 0 Å². The van der Waals surface area contributed by atoms with Crippen molar-refractivity contribution in [1.82, 2.24) is 10.6 Å². The van der Waals surface area contributed by atoms with E-state index in [1.165, 1.54) is 25.3 Å². The molecule has 3 rings (SSSR count). The fraction of sp³-hybridized carbons (Fsp3) is 0.440. The molecule has 33 heavy (non-hydrogen) atoms. The summed E-state index contributed by atoms with van der Waals surface area (Å²) in [6.07, 6.45) is 2.54. The lowest BCUT2D eigenvalue weighted by atomic mass is 10.1. The van der Waals surface area contributed by atoms with Crippen LogP contribution in [0, 0.1) is 12.8 Å². The zero-order valence-corrected chi connectivity index (χ0v) is 22.2. The number of rotatable bonds is 10. The van der Waals surface area contributed by atoms with Crippen molar-refractivity contribution >= 4 is 41.5 Å². The van der Waals surface area contributed by atoms with Crippen molar-refractivity contribution in [2.45, 2.75) is 46.7 Å². The van der Waals surface area contributed by atoms with E-state index in [1.807, 2.05) is 25.1 Å². The summed E-state index contributed by atoms with van der Waals surface area (Å²) in [7, 11) is 1.58. The highest BCUT2D eigenvalue weighted by Gasteiger charge is 2.22. The molecule has 0 heterocycles. The van der Waals surface area contributed by atoms with Crippen molar-refractivity contribution in [2.75, 3.05) is 25.6 Å². The first-order valence-electron chi connectivity index (χ1n) is 11.2. The van der Waals surface area contributed by atoms with Crippen LogP contribution in [0.5, 0.6) is 11.5 Å². The third kappa shape index (κ3) is 8.75. The van der Waals surface area contributed by atoms with Crippen LogP contribution in [0.4, 0.5) is 5.69 Å². The second kappa shape index (κ2) is 13.3. The molecule has 1 saturated carbocycles. The lowest BCUT2D eigenvalue weighted by Crippen LogP contribution is -2.36. The van der Waals surface area contributed by atoms with E-state index in [2.05, 4.69) is 41.1 Å². The summed E-state index contributed by atoms with van der Waals surface area (Å²) in [6.45, 7) is 8.22. The number of carbonyl (C=O) groups excluding carboxylic acids is 1. The Morgan fingerprint density at radius 3 is 2.58 bits per heavy atom. The third-order valence-electron chi connectivity index (χ3n) is 5.18. The van der Waals surface area contributed by atoms with Gasteiger partial charge in [-0.25, -0.2) is 4.99 Å². The molecule has 1 aliphatic carbocycles. The number of amides is 1. The zero-order valence-electron chi connectivity index (χ0n) is 19.9. The molecule has 0 bridgehead atoms. The van der Waals surface area contributed by atoms with Gasteiger partial charge in [0.2, 0.25) is 5.91 Å². The highest BCUT2D eigenvalue weighted by Crippen LogP contribution is 2.31. The molecule has 2 aromatic rings. The van der Waals surface area contributed by atoms with Crippen molar-refractivity contribution in [3.8, 4) is 11.5 Å². The van der Waals surface area contributed by atoms with Gasteiger partial charge in [0, 0.05) is 25.6 Å². The van der Waals surface area contributed by atoms with Crippen LogP contribution in [-0.4, -0.2) is 32.1 Å². The predicted octanol–water partition coefficient (Wildman–Crippen LogP) is 4.62. The van der Waals surface area contributed by atoms with Crippen LogP contribution in [0.1, 0.15) is 43.4 Å². The number of ether oxygens (including phenoxy) is 2. The van der Waals surface area contributed by atoms with Crippen molar-refractivity contribution < 1.29 is 14.3 Å². The third-order valence-corrected chi connectivity index (χ3v) is 5.18. The molecule has 1 aliphatic rings. The molecule has 2 aromatic carbocycles. The molecule has 0 unspecified atom stereocenters. The highest BCUT2D eigenvalue weighted by atomic mass is 127. The maximum Gasteiger partial charge on any atom is 0.221 e. The Hall–Kier alpha value is -2.49. The second-order valence-electron chi connectivity index (χ2n) is 8.13. The number of methoxy groups -OCH3 is 1. The number of carbonyl (C=O) groups is 1. The number of guanidine groups is 1. The fourth-order valence-electron chi connectivity index (χ4n) is 3.27. The first kappa shape index (κ1) is 26.8. The molecule has 0 radical (unpaired) electrons. The smallest absolute Gasteiger partial charge is 0.221 e. The van der Waals surface area contributed by atoms with Gasteiger partial charge in [-0.15, -0.1) is 24.0 Å². The number of nitrogens with zero attached hydrogens (tertiary/aromatic N) is 1. The summed E-state index contributed by atoms with van der Waals surface area (Å²) < 4.78 is 11.4. The molecule has 180 valence electrons. The molecular weight excluding hydrogens is 531 g/mol. The van der Waals surface area contributed by atoms with Gasteiger partial charge >= 0.3 is 0 Å². The predicted molar refractivity (Wildman–Crippen MR) is 144 cm³/mol. The summed E-state index contributed by atoms with van der Waals surface area (Å²) in [6, 6.07) is 12.0. The summed E-state index contributed by atoms with van der Waals surface area (Å²) >= 11 is 0. The summed E-state index contributed by atoms with van der Waals surface area (Å²) in [5.74, 6) is 2.85. The van der Waals surface area contributed by atoms with Crippen LogP contribution < -0.4 is 25.4 Å². The minimum Gasteiger partial charge on any atom is -0.495 e. The van der Waals surface area contributed by atoms with Gasteiger partial charge in [-0.05, 0) is 61.9 Å². The van der Waals surface area contributed by atoms with E-state index in [0.717, 1.165) is 36.0 Å². The summed E-state index contributed by atoms with van der Waals surface area (Å²) in [5.41, 5.74) is 3.91. The van der Waals surface area contributed by atoms with Crippen molar-refractivity contribution in [3.05, 3.63) is 53.1 Å². The minimum absolute atomic E-state index is 0. The van der Waals surface area contributed by atoms with Gasteiger partial charge in [-0.1, -0.05) is 18.2 Å². The van der Waals surface area contributed by atoms with Gasteiger partial charge in [-0.2, -0.15) is 0 Å². The highest BCUT2D eigenvalue weighted by molar-refractivity contribution is 14.0. The van der Waals surface area contributed by atoms with E-state index in [4.69, 9.17) is 14.5 Å². The van der Waals surface area contributed by atoms with Crippen molar-refractivity contribution in [3.63, 3.8) is 0 Å². The average molecular weight is 566 g/mol. The van der Waals surface area contributed by atoms with Gasteiger partial charge in [0.25, 0.3) is 0 Å².